The first-order chi connectivity index (χ1) is 14.9. The Morgan fingerprint density at radius 1 is 1.03 bits per heavy atom. The van der Waals surface area contributed by atoms with Crippen LogP contribution in [0.25, 0.3) is 6.08 Å². The van der Waals surface area contributed by atoms with Crippen molar-refractivity contribution in [1.82, 2.24) is 9.47 Å². The van der Waals surface area contributed by atoms with Gasteiger partial charge in [-0.1, -0.05) is 48.0 Å². The molecule has 4 rings (SSSR count). The first-order valence-corrected chi connectivity index (χ1v) is 10.4. The monoisotopic (exact) mass is 433 g/mol. The lowest BCUT2D eigenvalue weighted by atomic mass is 10.1. The maximum absolute atomic E-state index is 12.9. The van der Waals surface area contributed by atoms with Gasteiger partial charge < -0.3 is 4.57 Å². The van der Waals surface area contributed by atoms with Crippen LogP contribution in [0.4, 0.5) is 10.5 Å². The van der Waals surface area contributed by atoms with Crippen LogP contribution in [0.2, 0.25) is 0 Å². The lowest BCUT2D eigenvalue weighted by Gasteiger charge is -2.12. The topological polar surface area (TPSA) is 85.4 Å². The Balaban J connectivity index is 1.57. The molecule has 2 heterocycles. The summed E-state index contributed by atoms with van der Waals surface area (Å²) in [5, 5.41) is 11.0. The fraction of sp³-hybridized carbons (Fsp3) is 0.130. The third kappa shape index (κ3) is 4.44. The molecule has 7 nitrogen and oxygen atoms in total. The number of aromatic nitrogens is 1. The second-order valence-electron chi connectivity index (χ2n) is 7.20. The van der Waals surface area contributed by atoms with Gasteiger partial charge in [0.15, 0.2) is 0 Å². The molecular weight excluding hydrogens is 414 g/mol. The predicted octanol–water partition coefficient (Wildman–Crippen LogP) is 4.99. The van der Waals surface area contributed by atoms with Crippen LogP contribution in [0.3, 0.4) is 0 Å². The van der Waals surface area contributed by atoms with Crippen molar-refractivity contribution in [2.75, 3.05) is 0 Å². The molecule has 2 aromatic carbocycles. The first-order valence-electron chi connectivity index (χ1n) is 9.61. The van der Waals surface area contributed by atoms with E-state index in [1.54, 1.807) is 36.5 Å². The van der Waals surface area contributed by atoms with E-state index in [4.69, 9.17) is 0 Å². The average molecular weight is 433 g/mol. The molecule has 0 spiro atoms. The van der Waals surface area contributed by atoms with Crippen LogP contribution >= 0.6 is 11.8 Å². The summed E-state index contributed by atoms with van der Waals surface area (Å²) in [5.41, 5.74) is 3.25. The lowest BCUT2D eigenvalue weighted by Crippen LogP contribution is -2.27. The molecule has 156 valence electrons. The molecule has 2 amide bonds. The molecule has 3 aromatic rings. The Hall–Kier alpha value is -3.65. The Morgan fingerprint density at radius 3 is 2.61 bits per heavy atom. The van der Waals surface area contributed by atoms with Crippen LogP contribution in [-0.2, 0) is 17.9 Å². The fourth-order valence-electron chi connectivity index (χ4n) is 3.47. The Kier molecular flexibility index (Phi) is 5.73. The number of nitrogens with zero attached hydrogens (tertiary/aromatic N) is 3. The zero-order valence-electron chi connectivity index (χ0n) is 16.7. The molecular formula is C23H19N3O4S. The summed E-state index contributed by atoms with van der Waals surface area (Å²) < 4.78 is 1.82. The highest BCUT2D eigenvalue weighted by Crippen LogP contribution is 2.33. The molecule has 0 radical (unpaired) electrons. The summed E-state index contributed by atoms with van der Waals surface area (Å²) in [7, 11) is 0. The standard InChI is InChI=1S/C23H19N3O4S/c1-16-6-4-7-17(12-16)14-25-22(27)21(31-23(25)28)13-19-9-5-11-24(19)15-18-8-2-3-10-20(18)26(29)30/h2-13H,14-15H2,1H3/b21-13+. The SMILES string of the molecule is Cc1cccc(CN2C(=O)S/C(=C/c3cccn3Cc3ccccc3[N+](=O)[O-])C2=O)c1. The van der Waals surface area contributed by atoms with Crippen LogP contribution in [0.1, 0.15) is 22.4 Å². The zero-order valence-corrected chi connectivity index (χ0v) is 17.5. The van der Waals surface area contributed by atoms with Crippen LogP contribution in [-0.4, -0.2) is 25.5 Å². The second kappa shape index (κ2) is 8.61. The maximum atomic E-state index is 12.9. The van der Waals surface area contributed by atoms with Gasteiger partial charge in [-0.15, -0.1) is 0 Å². The van der Waals surface area contributed by atoms with Crippen molar-refractivity contribution in [3.8, 4) is 0 Å². The van der Waals surface area contributed by atoms with Gasteiger partial charge in [0.05, 0.1) is 22.9 Å². The zero-order chi connectivity index (χ0) is 22.0. The average Bonchev–Trinajstić information content (AvgIpc) is 3.28. The Labute approximate surface area is 183 Å². The van der Waals surface area contributed by atoms with E-state index in [1.807, 2.05) is 41.8 Å². The van der Waals surface area contributed by atoms with Crippen molar-refractivity contribution in [2.24, 2.45) is 0 Å². The van der Waals surface area contributed by atoms with Crippen molar-refractivity contribution in [3.05, 3.63) is 104 Å². The number of hydrogen-bond acceptors (Lipinski definition) is 5. The number of imide groups is 1. The van der Waals surface area contributed by atoms with Crippen LogP contribution in [0.15, 0.2) is 71.8 Å². The Morgan fingerprint density at radius 2 is 1.84 bits per heavy atom. The van der Waals surface area contributed by atoms with Gasteiger partial charge in [-0.3, -0.25) is 24.6 Å². The van der Waals surface area contributed by atoms with E-state index in [2.05, 4.69) is 0 Å². The van der Waals surface area contributed by atoms with E-state index >= 15 is 0 Å². The number of rotatable bonds is 6. The van der Waals surface area contributed by atoms with E-state index in [-0.39, 0.29) is 29.9 Å². The highest BCUT2D eigenvalue weighted by Gasteiger charge is 2.35. The van der Waals surface area contributed by atoms with E-state index in [0.29, 0.717) is 16.2 Å². The van der Waals surface area contributed by atoms with Gasteiger partial charge in [0, 0.05) is 23.5 Å². The number of hydrogen-bond donors (Lipinski definition) is 0. The molecule has 1 fully saturated rings. The predicted molar refractivity (Wildman–Crippen MR) is 119 cm³/mol. The molecule has 1 aliphatic rings. The number of aryl methyl sites for hydroxylation is 1. The maximum Gasteiger partial charge on any atom is 0.293 e. The second-order valence-corrected chi connectivity index (χ2v) is 8.20. The van der Waals surface area contributed by atoms with E-state index < -0.39 is 4.92 Å². The number of nitro groups is 1. The molecule has 0 saturated carbocycles. The number of amides is 2. The van der Waals surface area contributed by atoms with Gasteiger partial charge in [-0.2, -0.15) is 0 Å². The molecule has 8 heteroatoms. The molecule has 1 saturated heterocycles. The summed E-state index contributed by atoms with van der Waals surface area (Å²) in [6.07, 6.45) is 3.45. The number of para-hydroxylation sites is 1. The number of thioether (sulfide) groups is 1. The van der Waals surface area contributed by atoms with Crippen molar-refractivity contribution in [2.45, 2.75) is 20.0 Å². The largest absolute Gasteiger partial charge is 0.343 e. The third-order valence-corrected chi connectivity index (χ3v) is 5.88. The normalized spacial score (nSPS) is 15.1. The molecule has 0 N–H and O–H groups in total. The quantitative estimate of drug-likeness (QED) is 0.311. The number of benzene rings is 2. The van der Waals surface area contributed by atoms with Crippen molar-refractivity contribution < 1.29 is 14.5 Å². The van der Waals surface area contributed by atoms with E-state index in [1.165, 1.54) is 11.0 Å². The van der Waals surface area contributed by atoms with Gasteiger partial charge in [0.1, 0.15) is 0 Å². The number of carbonyl (C=O) groups excluding carboxylic acids is 2. The van der Waals surface area contributed by atoms with Crippen molar-refractivity contribution >= 4 is 34.7 Å². The van der Waals surface area contributed by atoms with Gasteiger partial charge in [0.25, 0.3) is 16.8 Å². The molecule has 0 unspecified atom stereocenters. The minimum absolute atomic E-state index is 0.0422. The summed E-state index contributed by atoms with van der Waals surface area (Å²) in [4.78, 5) is 37.8. The van der Waals surface area contributed by atoms with Crippen LogP contribution in [0.5, 0.6) is 0 Å². The van der Waals surface area contributed by atoms with Gasteiger partial charge in [0.2, 0.25) is 0 Å². The van der Waals surface area contributed by atoms with E-state index in [0.717, 1.165) is 22.9 Å². The smallest absolute Gasteiger partial charge is 0.293 e. The summed E-state index contributed by atoms with van der Waals surface area (Å²) in [5.74, 6) is -0.338. The molecule has 1 aliphatic heterocycles. The van der Waals surface area contributed by atoms with Crippen LogP contribution < -0.4 is 0 Å². The minimum atomic E-state index is -0.408. The fourth-order valence-corrected chi connectivity index (χ4v) is 4.30. The van der Waals surface area contributed by atoms with Gasteiger partial charge >= 0.3 is 0 Å². The minimum Gasteiger partial charge on any atom is -0.343 e. The lowest BCUT2D eigenvalue weighted by molar-refractivity contribution is -0.385. The first kappa shape index (κ1) is 20.6. The number of carbonyl (C=O) groups is 2. The van der Waals surface area contributed by atoms with Gasteiger partial charge in [-0.05, 0) is 42.5 Å². The summed E-state index contributed by atoms with van der Waals surface area (Å²) >= 11 is 0.904. The molecule has 0 bridgehead atoms. The highest BCUT2D eigenvalue weighted by atomic mass is 32.2. The van der Waals surface area contributed by atoms with Crippen molar-refractivity contribution in [3.63, 3.8) is 0 Å². The third-order valence-electron chi connectivity index (χ3n) is 4.97. The molecule has 0 atom stereocenters. The summed E-state index contributed by atoms with van der Waals surface area (Å²) in [6.45, 7) is 2.46. The molecule has 0 aliphatic carbocycles. The highest BCUT2D eigenvalue weighted by molar-refractivity contribution is 8.18. The van der Waals surface area contributed by atoms with Crippen molar-refractivity contribution in [1.29, 1.82) is 0 Å². The van der Waals surface area contributed by atoms with Crippen LogP contribution in [0, 0.1) is 17.0 Å². The molecule has 31 heavy (non-hydrogen) atoms. The summed E-state index contributed by atoms with van der Waals surface area (Å²) in [6, 6.07) is 17.9. The Bertz CT molecular complexity index is 1210. The number of nitro benzene ring substituents is 1. The van der Waals surface area contributed by atoms with E-state index in [9.17, 15) is 19.7 Å². The molecule has 1 aromatic heterocycles. The van der Waals surface area contributed by atoms with Gasteiger partial charge in [-0.25, -0.2) is 0 Å².